The van der Waals surface area contributed by atoms with Crippen molar-refractivity contribution in [2.45, 2.75) is 71.4 Å². The molecule has 2 atom stereocenters. The van der Waals surface area contributed by atoms with Crippen LogP contribution in [0.4, 0.5) is 0 Å². The van der Waals surface area contributed by atoms with Crippen LogP contribution in [0.2, 0.25) is 0 Å². The molecule has 9 heteroatoms. The lowest BCUT2D eigenvalue weighted by Crippen LogP contribution is -2.42. The molecule has 0 radical (unpaired) electrons. The van der Waals surface area contributed by atoms with Gasteiger partial charge in [0.25, 0.3) is 0 Å². The predicted molar refractivity (Wildman–Crippen MR) is 107 cm³/mol. The lowest BCUT2D eigenvalue weighted by Gasteiger charge is -2.23. The van der Waals surface area contributed by atoms with E-state index < -0.39 is 0 Å². The molecule has 0 unspecified atom stereocenters. The molecule has 9 nitrogen and oxygen atoms in total. The Balaban J connectivity index is 0.000000551. The van der Waals surface area contributed by atoms with E-state index >= 15 is 0 Å². The van der Waals surface area contributed by atoms with Gasteiger partial charge in [0, 0.05) is 19.4 Å². The van der Waals surface area contributed by atoms with Crippen molar-refractivity contribution in [3.05, 3.63) is 0 Å². The van der Waals surface area contributed by atoms with Crippen LogP contribution in [-0.2, 0) is 33.4 Å². The van der Waals surface area contributed by atoms with Crippen molar-refractivity contribution >= 4 is 23.8 Å². The van der Waals surface area contributed by atoms with Gasteiger partial charge in [-0.3, -0.25) is 14.4 Å². The minimum Gasteiger partial charge on any atom is -0.468 e. The number of methoxy groups -OCH3 is 2. The monoisotopic (exact) mass is 416 g/mol. The second-order valence-electron chi connectivity index (χ2n) is 6.48. The summed E-state index contributed by atoms with van der Waals surface area (Å²) in [6.07, 6.45) is 3.75. The van der Waals surface area contributed by atoms with E-state index in [1.54, 1.807) is 11.8 Å². The number of nitrogens with zero attached hydrogens (tertiary/aromatic N) is 1. The molecule has 1 aliphatic heterocycles. The maximum atomic E-state index is 11.3. The Hall–Kier alpha value is -2.16. The molecule has 29 heavy (non-hydrogen) atoms. The van der Waals surface area contributed by atoms with Crippen molar-refractivity contribution in [1.82, 2.24) is 10.2 Å². The van der Waals surface area contributed by atoms with Gasteiger partial charge in [0.05, 0.1) is 20.8 Å². The van der Waals surface area contributed by atoms with Gasteiger partial charge < -0.3 is 24.4 Å². The fraction of sp³-hybridized carbons (Fsp3) is 0.800. The highest BCUT2D eigenvalue weighted by Crippen LogP contribution is 2.16. The van der Waals surface area contributed by atoms with E-state index in [4.69, 9.17) is 4.74 Å². The molecule has 1 aliphatic rings. The summed E-state index contributed by atoms with van der Waals surface area (Å²) in [6.45, 7) is 7.26. The number of esters is 3. The highest BCUT2D eigenvalue weighted by Gasteiger charge is 2.31. The van der Waals surface area contributed by atoms with E-state index in [1.807, 2.05) is 13.8 Å². The minimum atomic E-state index is -0.375. The lowest BCUT2D eigenvalue weighted by atomic mass is 10.2. The topological polar surface area (TPSA) is 111 Å². The molecule has 0 aromatic heterocycles. The number of ether oxygens (including phenoxy) is 3. The van der Waals surface area contributed by atoms with Crippen LogP contribution in [0, 0.1) is 0 Å². The summed E-state index contributed by atoms with van der Waals surface area (Å²) >= 11 is 0. The summed E-state index contributed by atoms with van der Waals surface area (Å²) in [6, 6.07) is -0.660. The average Bonchev–Trinajstić information content (AvgIpc) is 3.14. The maximum Gasteiger partial charge on any atom is 0.328 e. The Kier molecular flexibility index (Phi) is 14.6. The van der Waals surface area contributed by atoms with Crippen LogP contribution in [0.5, 0.6) is 0 Å². The molecule has 0 aromatic rings. The molecule has 0 saturated carbocycles. The Labute approximate surface area is 173 Å². The van der Waals surface area contributed by atoms with Crippen molar-refractivity contribution in [2.75, 3.05) is 33.9 Å². The van der Waals surface area contributed by atoms with Crippen LogP contribution < -0.4 is 5.32 Å². The van der Waals surface area contributed by atoms with Gasteiger partial charge in [0.15, 0.2) is 0 Å². The van der Waals surface area contributed by atoms with Crippen molar-refractivity contribution in [1.29, 1.82) is 0 Å². The number of rotatable bonds is 11. The number of amides is 1. The lowest BCUT2D eigenvalue weighted by molar-refractivity contribution is -0.151. The molecule has 168 valence electrons. The Morgan fingerprint density at radius 2 is 1.72 bits per heavy atom. The van der Waals surface area contributed by atoms with Crippen molar-refractivity contribution in [2.24, 2.45) is 0 Å². The standard InChI is InChI=1S/C11H21NO4.C9H15NO3/c1-4-9(11(14)15-3)12-8-6-7-10(13)16-5-2;1-3-7(9(12)13-2)10-6-4-5-8(10)11/h9,12H,4-8H2,1-3H3;7H,3-6H2,1-2H3/t9-;7-/m00/s1. The molecule has 0 aromatic carbocycles. The maximum absolute atomic E-state index is 11.3. The first-order chi connectivity index (χ1) is 13.9. The molecule has 0 spiro atoms. The molecule has 0 aliphatic carbocycles. The molecule has 1 N–H and O–H groups in total. The van der Waals surface area contributed by atoms with Crippen LogP contribution >= 0.6 is 0 Å². The molecule has 1 heterocycles. The zero-order chi connectivity index (χ0) is 22.2. The van der Waals surface area contributed by atoms with Gasteiger partial charge in [0.1, 0.15) is 12.1 Å². The van der Waals surface area contributed by atoms with Gasteiger partial charge >= 0.3 is 17.9 Å². The third kappa shape index (κ3) is 10.3. The third-order valence-corrected chi connectivity index (χ3v) is 4.49. The highest BCUT2D eigenvalue weighted by atomic mass is 16.5. The summed E-state index contributed by atoms with van der Waals surface area (Å²) in [5.41, 5.74) is 0. The predicted octanol–water partition coefficient (Wildman–Crippen LogP) is 1.43. The Morgan fingerprint density at radius 3 is 2.17 bits per heavy atom. The number of likely N-dealkylation sites (tertiary alicyclic amines) is 1. The number of hydrogen-bond acceptors (Lipinski definition) is 8. The van der Waals surface area contributed by atoms with Crippen LogP contribution in [0.25, 0.3) is 0 Å². The number of carbonyl (C=O) groups excluding carboxylic acids is 4. The summed E-state index contributed by atoms with van der Waals surface area (Å²) in [5, 5.41) is 3.04. The Morgan fingerprint density at radius 1 is 1.07 bits per heavy atom. The summed E-state index contributed by atoms with van der Waals surface area (Å²) in [7, 11) is 2.72. The summed E-state index contributed by atoms with van der Waals surface area (Å²) in [5.74, 6) is -0.705. The fourth-order valence-corrected chi connectivity index (χ4v) is 2.93. The highest BCUT2D eigenvalue weighted by molar-refractivity contribution is 5.85. The van der Waals surface area contributed by atoms with Gasteiger partial charge in [0.2, 0.25) is 5.91 Å². The van der Waals surface area contributed by atoms with Crippen LogP contribution in [0.1, 0.15) is 59.3 Å². The van der Waals surface area contributed by atoms with Crippen molar-refractivity contribution < 1.29 is 33.4 Å². The van der Waals surface area contributed by atoms with Crippen LogP contribution in [0.3, 0.4) is 0 Å². The molecule has 1 rings (SSSR count). The zero-order valence-electron chi connectivity index (χ0n) is 18.3. The van der Waals surface area contributed by atoms with Crippen LogP contribution in [-0.4, -0.2) is 74.7 Å². The fourth-order valence-electron chi connectivity index (χ4n) is 2.93. The van der Waals surface area contributed by atoms with Gasteiger partial charge in [-0.05, 0) is 39.2 Å². The quantitative estimate of drug-likeness (QED) is 0.306. The zero-order valence-corrected chi connectivity index (χ0v) is 18.3. The SMILES string of the molecule is CCOC(=O)CCCN[C@@H](CC)C(=O)OC.CC[C@@H](C(=O)OC)N1CCCC1=O. The van der Waals surface area contributed by atoms with Gasteiger partial charge in [-0.1, -0.05) is 13.8 Å². The molecule has 1 amide bonds. The van der Waals surface area contributed by atoms with Crippen molar-refractivity contribution in [3.63, 3.8) is 0 Å². The Bertz CT molecular complexity index is 525. The van der Waals surface area contributed by atoms with E-state index in [-0.39, 0.29) is 35.9 Å². The summed E-state index contributed by atoms with van der Waals surface area (Å²) in [4.78, 5) is 46.4. The number of carbonyl (C=O) groups is 4. The number of hydrogen-bond donors (Lipinski definition) is 1. The van der Waals surface area contributed by atoms with Crippen molar-refractivity contribution in [3.8, 4) is 0 Å². The largest absolute Gasteiger partial charge is 0.468 e. The molecule has 0 bridgehead atoms. The van der Waals surface area contributed by atoms with E-state index in [0.717, 1.165) is 6.42 Å². The number of nitrogens with one attached hydrogen (secondary N) is 1. The average molecular weight is 417 g/mol. The summed E-state index contributed by atoms with van der Waals surface area (Å²) < 4.78 is 14.0. The van der Waals surface area contributed by atoms with E-state index in [9.17, 15) is 19.2 Å². The third-order valence-electron chi connectivity index (χ3n) is 4.49. The molecule has 1 fully saturated rings. The van der Waals surface area contributed by atoms with E-state index in [2.05, 4.69) is 14.8 Å². The van der Waals surface area contributed by atoms with Crippen LogP contribution in [0.15, 0.2) is 0 Å². The van der Waals surface area contributed by atoms with Gasteiger partial charge in [-0.2, -0.15) is 0 Å². The van der Waals surface area contributed by atoms with Gasteiger partial charge in [-0.15, -0.1) is 0 Å². The van der Waals surface area contributed by atoms with Gasteiger partial charge in [-0.25, -0.2) is 4.79 Å². The smallest absolute Gasteiger partial charge is 0.328 e. The second-order valence-corrected chi connectivity index (χ2v) is 6.48. The molecular formula is C20H36N2O7. The first-order valence-corrected chi connectivity index (χ1v) is 10.2. The normalized spacial score (nSPS) is 15.1. The first-order valence-electron chi connectivity index (χ1n) is 10.2. The second kappa shape index (κ2) is 15.7. The minimum absolute atomic E-state index is 0.0669. The molecular weight excluding hydrogens is 380 g/mol. The molecule has 1 saturated heterocycles. The first kappa shape index (κ1) is 26.8. The van der Waals surface area contributed by atoms with E-state index in [1.165, 1.54) is 14.2 Å². The van der Waals surface area contributed by atoms with E-state index in [0.29, 0.717) is 51.8 Å².